The topological polar surface area (TPSA) is 67.2 Å². The zero-order valence-corrected chi connectivity index (χ0v) is 10.4. The van der Waals surface area contributed by atoms with Crippen molar-refractivity contribution >= 4 is 0 Å². The summed E-state index contributed by atoms with van der Waals surface area (Å²) in [5.74, 6) is 0.605. The molecule has 0 aliphatic rings. The molecular formula is C13H16N2O3. The van der Waals surface area contributed by atoms with E-state index in [2.05, 4.69) is 5.10 Å². The number of hydrogen-bond acceptors (Lipinski definition) is 3. The molecule has 1 aromatic heterocycles. The second-order valence-electron chi connectivity index (χ2n) is 3.89. The van der Waals surface area contributed by atoms with Crippen LogP contribution in [0.5, 0.6) is 5.75 Å². The van der Waals surface area contributed by atoms with Gasteiger partial charge < -0.3 is 9.84 Å². The molecule has 0 saturated heterocycles. The Morgan fingerprint density at radius 3 is 2.67 bits per heavy atom. The number of H-pyrrole nitrogens is 1. The van der Waals surface area contributed by atoms with Gasteiger partial charge in [0.25, 0.3) is 5.56 Å². The van der Waals surface area contributed by atoms with E-state index >= 15 is 0 Å². The number of rotatable bonds is 4. The molecule has 18 heavy (non-hydrogen) atoms. The van der Waals surface area contributed by atoms with Crippen molar-refractivity contribution in [3.05, 3.63) is 45.9 Å². The number of methoxy groups -OCH3 is 1. The molecule has 0 fully saturated rings. The summed E-state index contributed by atoms with van der Waals surface area (Å²) in [7, 11) is 1.56. The SMILES string of the molecule is CCc1[nH]n(-c2ccccc2OC)c(=O)c1CO. The highest BCUT2D eigenvalue weighted by molar-refractivity contribution is 5.46. The van der Waals surface area contributed by atoms with Gasteiger partial charge >= 0.3 is 0 Å². The van der Waals surface area contributed by atoms with E-state index in [-0.39, 0.29) is 12.2 Å². The number of benzene rings is 1. The van der Waals surface area contributed by atoms with Crippen molar-refractivity contribution in [2.75, 3.05) is 7.11 Å². The molecule has 2 N–H and O–H groups in total. The number of aromatic nitrogens is 2. The van der Waals surface area contributed by atoms with Gasteiger partial charge in [0.2, 0.25) is 0 Å². The van der Waals surface area contributed by atoms with Gasteiger partial charge in [0.1, 0.15) is 11.4 Å². The lowest BCUT2D eigenvalue weighted by Gasteiger charge is -2.07. The Bertz CT molecular complexity index is 599. The van der Waals surface area contributed by atoms with Gasteiger partial charge in [-0.25, -0.2) is 4.68 Å². The molecule has 96 valence electrons. The van der Waals surface area contributed by atoms with Gasteiger partial charge in [0, 0.05) is 5.69 Å². The third-order valence-electron chi connectivity index (χ3n) is 2.91. The average molecular weight is 248 g/mol. The predicted molar refractivity (Wildman–Crippen MR) is 68.2 cm³/mol. The lowest BCUT2D eigenvalue weighted by Crippen LogP contribution is -2.18. The molecule has 0 aliphatic heterocycles. The number of para-hydroxylation sites is 2. The Morgan fingerprint density at radius 2 is 2.11 bits per heavy atom. The van der Waals surface area contributed by atoms with Gasteiger partial charge in [0.05, 0.1) is 19.3 Å². The minimum atomic E-state index is -0.263. The largest absolute Gasteiger partial charge is 0.494 e. The van der Waals surface area contributed by atoms with Crippen LogP contribution in [0.1, 0.15) is 18.2 Å². The summed E-state index contributed by atoms with van der Waals surface area (Å²) >= 11 is 0. The lowest BCUT2D eigenvalue weighted by molar-refractivity contribution is 0.279. The number of aliphatic hydroxyl groups excluding tert-OH is 1. The van der Waals surface area contributed by atoms with Crippen molar-refractivity contribution in [2.24, 2.45) is 0 Å². The molecule has 0 spiro atoms. The molecule has 0 radical (unpaired) electrons. The fourth-order valence-electron chi connectivity index (χ4n) is 1.96. The standard InChI is InChI=1S/C13H16N2O3/c1-3-10-9(8-16)13(17)15(14-10)11-6-4-5-7-12(11)18-2/h4-7,14,16H,3,8H2,1-2H3. The van der Waals surface area contributed by atoms with Gasteiger partial charge in [-0.3, -0.25) is 9.89 Å². The quantitative estimate of drug-likeness (QED) is 0.855. The molecule has 5 heteroatoms. The minimum absolute atomic E-state index is 0.237. The fraction of sp³-hybridized carbons (Fsp3) is 0.308. The van der Waals surface area contributed by atoms with Crippen LogP contribution in [0.4, 0.5) is 0 Å². The maximum atomic E-state index is 12.2. The number of nitrogens with one attached hydrogen (secondary N) is 1. The van der Waals surface area contributed by atoms with Crippen LogP contribution in [-0.4, -0.2) is 22.0 Å². The highest BCUT2D eigenvalue weighted by atomic mass is 16.5. The van der Waals surface area contributed by atoms with Crippen molar-refractivity contribution in [2.45, 2.75) is 20.0 Å². The molecule has 0 atom stereocenters. The maximum absolute atomic E-state index is 12.2. The summed E-state index contributed by atoms with van der Waals surface area (Å²) < 4.78 is 6.63. The zero-order chi connectivity index (χ0) is 13.1. The Kier molecular flexibility index (Phi) is 3.53. The highest BCUT2D eigenvalue weighted by Crippen LogP contribution is 2.20. The monoisotopic (exact) mass is 248 g/mol. The normalized spacial score (nSPS) is 10.6. The molecule has 5 nitrogen and oxygen atoms in total. The molecule has 2 aromatic rings. The molecule has 0 bridgehead atoms. The molecule has 1 aromatic carbocycles. The van der Waals surface area contributed by atoms with Gasteiger partial charge in [-0.05, 0) is 18.6 Å². The van der Waals surface area contributed by atoms with Crippen LogP contribution in [0.15, 0.2) is 29.1 Å². The zero-order valence-electron chi connectivity index (χ0n) is 10.4. The van der Waals surface area contributed by atoms with Crippen molar-refractivity contribution in [3.63, 3.8) is 0 Å². The van der Waals surface area contributed by atoms with Crippen molar-refractivity contribution in [1.82, 2.24) is 9.78 Å². The first-order valence-corrected chi connectivity index (χ1v) is 5.80. The Labute approximate surface area is 105 Å². The second kappa shape index (κ2) is 5.10. The van der Waals surface area contributed by atoms with Crippen LogP contribution < -0.4 is 10.3 Å². The van der Waals surface area contributed by atoms with Crippen molar-refractivity contribution in [3.8, 4) is 11.4 Å². The number of aliphatic hydroxyl groups is 1. The summed E-state index contributed by atoms with van der Waals surface area (Å²) in [5.41, 5.74) is 1.55. The van der Waals surface area contributed by atoms with Crippen LogP contribution in [0, 0.1) is 0 Å². The fourth-order valence-corrected chi connectivity index (χ4v) is 1.96. The van der Waals surface area contributed by atoms with E-state index in [1.54, 1.807) is 19.2 Å². The van der Waals surface area contributed by atoms with Crippen LogP contribution in [0.2, 0.25) is 0 Å². The first kappa shape index (κ1) is 12.4. The van der Waals surface area contributed by atoms with E-state index < -0.39 is 0 Å². The van der Waals surface area contributed by atoms with E-state index in [1.165, 1.54) is 4.68 Å². The smallest absolute Gasteiger partial charge is 0.277 e. The lowest BCUT2D eigenvalue weighted by atomic mass is 10.2. The molecule has 0 aliphatic carbocycles. The first-order chi connectivity index (χ1) is 8.72. The Morgan fingerprint density at radius 1 is 1.39 bits per heavy atom. The second-order valence-corrected chi connectivity index (χ2v) is 3.89. The molecule has 0 saturated carbocycles. The van der Waals surface area contributed by atoms with Gasteiger partial charge in [-0.1, -0.05) is 19.1 Å². The summed E-state index contributed by atoms with van der Waals surface area (Å²) in [6.45, 7) is 1.66. The summed E-state index contributed by atoms with van der Waals surface area (Å²) in [6, 6.07) is 7.24. The van der Waals surface area contributed by atoms with E-state index in [4.69, 9.17) is 4.74 Å². The summed E-state index contributed by atoms with van der Waals surface area (Å²) in [4.78, 5) is 12.2. The Hall–Kier alpha value is -2.01. The predicted octanol–water partition coefficient (Wildman–Crippen LogP) is 1.23. The van der Waals surface area contributed by atoms with Crippen LogP contribution in [0.3, 0.4) is 0 Å². The Balaban J connectivity index is 2.65. The number of nitrogens with zero attached hydrogens (tertiary/aromatic N) is 1. The van der Waals surface area contributed by atoms with Crippen molar-refractivity contribution < 1.29 is 9.84 Å². The van der Waals surface area contributed by atoms with E-state index in [0.717, 1.165) is 5.69 Å². The van der Waals surface area contributed by atoms with Crippen molar-refractivity contribution in [1.29, 1.82) is 0 Å². The summed E-state index contributed by atoms with van der Waals surface area (Å²) in [6.07, 6.45) is 0.660. The van der Waals surface area contributed by atoms with Gasteiger partial charge in [0.15, 0.2) is 0 Å². The average Bonchev–Trinajstić information content (AvgIpc) is 2.74. The number of aryl methyl sites for hydroxylation is 1. The number of aromatic amines is 1. The van der Waals surface area contributed by atoms with Gasteiger partial charge in [-0.2, -0.15) is 0 Å². The minimum Gasteiger partial charge on any atom is -0.494 e. The molecule has 0 amide bonds. The molecular weight excluding hydrogens is 232 g/mol. The van der Waals surface area contributed by atoms with Crippen LogP contribution in [-0.2, 0) is 13.0 Å². The number of ether oxygens (including phenoxy) is 1. The van der Waals surface area contributed by atoms with E-state index in [1.807, 2.05) is 19.1 Å². The highest BCUT2D eigenvalue weighted by Gasteiger charge is 2.15. The summed E-state index contributed by atoms with van der Waals surface area (Å²) in [5, 5.41) is 12.3. The van der Waals surface area contributed by atoms with E-state index in [9.17, 15) is 9.90 Å². The maximum Gasteiger partial charge on any atom is 0.277 e. The van der Waals surface area contributed by atoms with E-state index in [0.29, 0.717) is 23.4 Å². The third-order valence-corrected chi connectivity index (χ3v) is 2.91. The van der Waals surface area contributed by atoms with Gasteiger partial charge in [-0.15, -0.1) is 0 Å². The number of hydrogen-bond donors (Lipinski definition) is 2. The molecule has 0 unspecified atom stereocenters. The van der Waals surface area contributed by atoms with Crippen LogP contribution >= 0.6 is 0 Å². The third kappa shape index (κ3) is 1.93. The molecule has 2 rings (SSSR count). The molecule has 1 heterocycles. The van der Waals surface area contributed by atoms with Crippen LogP contribution in [0.25, 0.3) is 5.69 Å². The first-order valence-electron chi connectivity index (χ1n) is 5.80.